The van der Waals surface area contributed by atoms with Crippen LogP contribution in [0, 0.1) is 19.7 Å². The number of carbonyl (C=O) groups is 1. The van der Waals surface area contributed by atoms with Crippen molar-refractivity contribution in [1.29, 1.82) is 0 Å². The molecule has 110 valence electrons. The third-order valence-electron chi connectivity index (χ3n) is 3.47. The molecule has 0 aliphatic rings. The molecular formula is C17H18FNO2. The lowest BCUT2D eigenvalue weighted by molar-refractivity contribution is 0.0698. The molecule has 0 spiro atoms. The van der Waals surface area contributed by atoms with E-state index in [0.29, 0.717) is 11.3 Å². The molecule has 21 heavy (non-hydrogen) atoms. The van der Waals surface area contributed by atoms with E-state index in [2.05, 4.69) is 5.32 Å². The Morgan fingerprint density at radius 3 is 2.52 bits per heavy atom. The van der Waals surface area contributed by atoms with Gasteiger partial charge in [0.25, 0.3) is 0 Å². The molecule has 2 rings (SSSR count). The predicted molar refractivity (Wildman–Crippen MR) is 81.3 cm³/mol. The second-order valence-corrected chi connectivity index (χ2v) is 5.23. The Morgan fingerprint density at radius 1 is 1.19 bits per heavy atom. The molecule has 2 aromatic rings. The van der Waals surface area contributed by atoms with Gasteiger partial charge in [0.2, 0.25) is 0 Å². The van der Waals surface area contributed by atoms with Gasteiger partial charge in [0.1, 0.15) is 5.82 Å². The standard InChI is InChI=1S/C17H18FNO2/c1-10-4-7-14(17(20)21)16(8-10)19-12(3)13-6-5-11(2)15(18)9-13/h4-9,12,19H,1-3H3,(H,20,21). The summed E-state index contributed by atoms with van der Waals surface area (Å²) < 4.78 is 13.6. The number of carboxylic acids is 1. The number of aryl methyl sites for hydroxylation is 2. The Balaban J connectivity index is 2.30. The van der Waals surface area contributed by atoms with Gasteiger partial charge in [-0.05, 0) is 55.7 Å². The van der Waals surface area contributed by atoms with Crippen LogP contribution in [0.3, 0.4) is 0 Å². The first kappa shape index (κ1) is 15.0. The average Bonchev–Trinajstić information content (AvgIpc) is 2.41. The van der Waals surface area contributed by atoms with Crippen LogP contribution < -0.4 is 5.32 Å². The van der Waals surface area contributed by atoms with Crippen LogP contribution in [0.25, 0.3) is 0 Å². The number of rotatable bonds is 4. The maximum absolute atomic E-state index is 13.6. The van der Waals surface area contributed by atoms with Crippen molar-refractivity contribution >= 4 is 11.7 Å². The largest absolute Gasteiger partial charge is 0.478 e. The van der Waals surface area contributed by atoms with E-state index in [0.717, 1.165) is 11.1 Å². The van der Waals surface area contributed by atoms with Crippen LogP contribution in [0.2, 0.25) is 0 Å². The van der Waals surface area contributed by atoms with Crippen molar-refractivity contribution in [3.05, 3.63) is 64.5 Å². The maximum atomic E-state index is 13.6. The molecule has 0 aliphatic heterocycles. The van der Waals surface area contributed by atoms with Crippen LogP contribution in [0.4, 0.5) is 10.1 Å². The monoisotopic (exact) mass is 287 g/mol. The Hall–Kier alpha value is -2.36. The van der Waals surface area contributed by atoms with Gasteiger partial charge in [-0.15, -0.1) is 0 Å². The number of nitrogens with one attached hydrogen (secondary N) is 1. The zero-order chi connectivity index (χ0) is 15.6. The van der Waals surface area contributed by atoms with Gasteiger partial charge in [0.05, 0.1) is 5.56 Å². The van der Waals surface area contributed by atoms with Gasteiger partial charge >= 0.3 is 5.97 Å². The summed E-state index contributed by atoms with van der Waals surface area (Å²) in [6.45, 7) is 5.48. The predicted octanol–water partition coefficient (Wildman–Crippen LogP) is 4.31. The van der Waals surface area contributed by atoms with Gasteiger partial charge in [-0.1, -0.05) is 18.2 Å². The first-order valence-corrected chi connectivity index (χ1v) is 6.75. The molecule has 1 unspecified atom stereocenters. The molecule has 0 saturated heterocycles. The summed E-state index contributed by atoms with van der Waals surface area (Å²) in [6, 6.07) is 9.95. The Labute approximate surface area is 123 Å². The average molecular weight is 287 g/mol. The minimum absolute atomic E-state index is 0.194. The van der Waals surface area contributed by atoms with Crippen molar-refractivity contribution in [1.82, 2.24) is 0 Å². The van der Waals surface area contributed by atoms with E-state index in [1.165, 1.54) is 6.07 Å². The number of carboxylic acid groups (broad SMARTS) is 1. The zero-order valence-corrected chi connectivity index (χ0v) is 12.3. The molecule has 0 heterocycles. The van der Waals surface area contributed by atoms with Crippen LogP contribution in [0.5, 0.6) is 0 Å². The quantitative estimate of drug-likeness (QED) is 0.880. The zero-order valence-electron chi connectivity index (χ0n) is 12.3. The van der Waals surface area contributed by atoms with Crippen molar-refractivity contribution < 1.29 is 14.3 Å². The molecule has 3 nitrogen and oxygen atoms in total. The Bertz CT molecular complexity index is 682. The number of hydrogen-bond donors (Lipinski definition) is 2. The van der Waals surface area contributed by atoms with Gasteiger partial charge < -0.3 is 10.4 Å². The molecular weight excluding hydrogens is 269 g/mol. The minimum atomic E-state index is -0.986. The molecule has 0 aromatic heterocycles. The highest BCUT2D eigenvalue weighted by molar-refractivity contribution is 5.94. The summed E-state index contributed by atoms with van der Waals surface area (Å²) in [5.74, 6) is -1.25. The molecule has 0 saturated carbocycles. The minimum Gasteiger partial charge on any atom is -0.478 e. The van der Waals surface area contributed by atoms with E-state index < -0.39 is 5.97 Å². The highest BCUT2D eigenvalue weighted by Gasteiger charge is 2.14. The first-order chi connectivity index (χ1) is 9.88. The van der Waals surface area contributed by atoms with Gasteiger partial charge in [0, 0.05) is 11.7 Å². The highest BCUT2D eigenvalue weighted by Crippen LogP contribution is 2.25. The number of benzene rings is 2. The fourth-order valence-electron chi connectivity index (χ4n) is 2.16. The Morgan fingerprint density at radius 2 is 1.90 bits per heavy atom. The normalized spacial score (nSPS) is 12.0. The van der Waals surface area contributed by atoms with Gasteiger partial charge in [0.15, 0.2) is 0 Å². The van der Waals surface area contributed by atoms with Gasteiger partial charge in [-0.3, -0.25) is 0 Å². The fraction of sp³-hybridized carbons (Fsp3) is 0.235. The molecule has 2 N–H and O–H groups in total. The number of hydrogen-bond acceptors (Lipinski definition) is 2. The number of anilines is 1. The Kier molecular flexibility index (Phi) is 4.26. The number of halogens is 1. The topological polar surface area (TPSA) is 49.3 Å². The van der Waals surface area contributed by atoms with Crippen LogP contribution >= 0.6 is 0 Å². The summed E-state index contributed by atoms with van der Waals surface area (Å²) in [7, 11) is 0. The van der Waals surface area contributed by atoms with E-state index in [1.807, 2.05) is 19.9 Å². The fourth-order valence-corrected chi connectivity index (χ4v) is 2.16. The van der Waals surface area contributed by atoms with Crippen LogP contribution in [0.1, 0.15) is 40.0 Å². The molecule has 0 radical (unpaired) electrons. The van der Waals surface area contributed by atoms with Crippen molar-refractivity contribution in [2.45, 2.75) is 26.8 Å². The lowest BCUT2D eigenvalue weighted by Gasteiger charge is -2.18. The molecule has 0 amide bonds. The van der Waals surface area contributed by atoms with E-state index in [9.17, 15) is 14.3 Å². The van der Waals surface area contributed by atoms with Gasteiger partial charge in [-0.25, -0.2) is 9.18 Å². The van der Waals surface area contributed by atoms with Crippen LogP contribution in [-0.2, 0) is 0 Å². The van der Waals surface area contributed by atoms with Crippen molar-refractivity contribution in [3.8, 4) is 0 Å². The SMILES string of the molecule is Cc1ccc(C(=O)O)c(NC(C)c2ccc(C)c(F)c2)c1. The molecule has 0 bridgehead atoms. The van der Waals surface area contributed by atoms with E-state index in [4.69, 9.17) is 0 Å². The van der Waals surface area contributed by atoms with Crippen LogP contribution in [0.15, 0.2) is 36.4 Å². The van der Waals surface area contributed by atoms with E-state index in [-0.39, 0.29) is 17.4 Å². The smallest absolute Gasteiger partial charge is 0.337 e. The van der Waals surface area contributed by atoms with E-state index >= 15 is 0 Å². The summed E-state index contributed by atoms with van der Waals surface area (Å²) in [4.78, 5) is 11.2. The summed E-state index contributed by atoms with van der Waals surface area (Å²) >= 11 is 0. The maximum Gasteiger partial charge on any atom is 0.337 e. The second-order valence-electron chi connectivity index (χ2n) is 5.23. The highest BCUT2D eigenvalue weighted by atomic mass is 19.1. The summed E-state index contributed by atoms with van der Waals surface area (Å²) in [5.41, 5.74) is 3.07. The van der Waals surface area contributed by atoms with Crippen molar-refractivity contribution in [2.24, 2.45) is 0 Å². The van der Waals surface area contributed by atoms with Crippen molar-refractivity contribution in [2.75, 3.05) is 5.32 Å². The third kappa shape index (κ3) is 3.40. The number of aromatic carboxylic acids is 1. The summed E-state index contributed by atoms with van der Waals surface area (Å²) in [6.07, 6.45) is 0. The van der Waals surface area contributed by atoms with Gasteiger partial charge in [-0.2, -0.15) is 0 Å². The van der Waals surface area contributed by atoms with E-state index in [1.54, 1.807) is 31.2 Å². The third-order valence-corrected chi connectivity index (χ3v) is 3.47. The molecule has 2 aromatic carbocycles. The molecule has 0 fully saturated rings. The van der Waals surface area contributed by atoms with Crippen LogP contribution in [-0.4, -0.2) is 11.1 Å². The lowest BCUT2D eigenvalue weighted by Crippen LogP contribution is -2.11. The first-order valence-electron chi connectivity index (χ1n) is 6.75. The summed E-state index contributed by atoms with van der Waals surface area (Å²) in [5, 5.41) is 12.4. The molecule has 1 atom stereocenters. The lowest BCUT2D eigenvalue weighted by atomic mass is 10.0. The molecule has 4 heteroatoms. The second kappa shape index (κ2) is 5.95. The molecule has 0 aliphatic carbocycles. The van der Waals surface area contributed by atoms with Crippen molar-refractivity contribution in [3.63, 3.8) is 0 Å².